The van der Waals surface area contributed by atoms with Crippen LogP contribution in [0.2, 0.25) is 0 Å². The van der Waals surface area contributed by atoms with Crippen molar-refractivity contribution in [1.29, 1.82) is 0 Å². The molecule has 3 nitrogen and oxygen atoms in total. The van der Waals surface area contributed by atoms with Crippen LogP contribution in [-0.2, 0) is 0 Å². The van der Waals surface area contributed by atoms with Crippen LogP contribution in [0.1, 0.15) is 42.7 Å². The first-order valence-electron chi connectivity index (χ1n) is 4.17. The van der Waals surface area contributed by atoms with E-state index in [0.717, 1.165) is 11.8 Å². The molecule has 1 aliphatic carbocycles. The second-order valence-electron chi connectivity index (χ2n) is 3.13. The summed E-state index contributed by atoms with van der Waals surface area (Å²) >= 11 is 1.73. The van der Waals surface area contributed by atoms with Crippen LogP contribution in [-0.4, -0.2) is 16.5 Å². The van der Waals surface area contributed by atoms with E-state index in [1.165, 1.54) is 12.8 Å². The number of aromatic nitrogens is 2. The van der Waals surface area contributed by atoms with Crippen molar-refractivity contribution in [3.8, 4) is 0 Å². The molecule has 1 aromatic rings. The van der Waals surface area contributed by atoms with Crippen LogP contribution in [0.5, 0.6) is 0 Å². The zero-order chi connectivity index (χ0) is 8.55. The molecule has 1 fully saturated rings. The van der Waals surface area contributed by atoms with Crippen molar-refractivity contribution >= 4 is 11.8 Å². The van der Waals surface area contributed by atoms with Crippen LogP contribution in [0.25, 0.3) is 0 Å². The van der Waals surface area contributed by atoms with Gasteiger partial charge in [-0.25, -0.2) is 0 Å². The van der Waals surface area contributed by atoms with Gasteiger partial charge in [0.2, 0.25) is 11.8 Å². The Bertz CT molecular complexity index is 270. The summed E-state index contributed by atoms with van der Waals surface area (Å²) in [5.41, 5.74) is 0. The van der Waals surface area contributed by atoms with Gasteiger partial charge in [0.15, 0.2) is 0 Å². The van der Waals surface area contributed by atoms with Gasteiger partial charge in [0, 0.05) is 5.92 Å². The van der Waals surface area contributed by atoms with Crippen molar-refractivity contribution in [1.82, 2.24) is 10.2 Å². The predicted molar refractivity (Wildman–Crippen MR) is 48.2 cm³/mol. The third-order valence-corrected chi connectivity index (χ3v) is 2.99. The second kappa shape index (κ2) is 3.09. The lowest BCUT2D eigenvalue weighted by Gasteiger charge is -1.98. The maximum atomic E-state index is 5.52. The molecule has 12 heavy (non-hydrogen) atoms. The highest BCUT2D eigenvalue weighted by atomic mass is 32.2. The number of thioether (sulfide) groups is 1. The standard InChI is InChI=1S/C8H12N2OS/c1-5(12-2)7-9-10-8(11-7)6-3-4-6/h5-6H,3-4H2,1-2H3. The highest BCUT2D eigenvalue weighted by Crippen LogP contribution is 2.40. The Morgan fingerprint density at radius 3 is 2.83 bits per heavy atom. The van der Waals surface area contributed by atoms with Gasteiger partial charge in [-0.15, -0.1) is 10.2 Å². The molecule has 0 spiro atoms. The average Bonchev–Trinajstić information content (AvgIpc) is 2.83. The summed E-state index contributed by atoms with van der Waals surface area (Å²) in [6.45, 7) is 2.08. The molecule has 1 aromatic heterocycles. The van der Waals surface area contributed by atoms with Crippen LogP contribution in [0.15, 0.2) is 4.42 Å². The molecule has 0 radical (unpaired) electrons. The zero-order valence-corrected chi connectivity index (χ0v) is 8.10. The summed E-state index contributed by atoms with van der Waals surface area (Å²) in [6, 6.07) is 0. The molecule has 0 aliphatic heterocycles. The Balaban J connectivity index is 2.12. The molecular weight excluding hydrogens is 172 g/mol. The van der Waals surface area contributed by atoms with Crippen LogP contribution in [0.3, 0.4) is 0 Å². The van der Waals surface area contributed by atoms with E-state index in [1.54, 1.807) is 11.8 Å². The van der Waals surface area contributed by atoms with Crippen molar-refractivity contribution in [2.45, 2.75) is 30.9 Å². The van der Waals surface area contributed by atoms with Gasteiger partial charge in [-0.1, -0.05) is 0 Å². The van der Waals surface area contributed by atoms with E-state index >= 15 is 0 Å². The van der Waals surface area contributed by atoms with E-state index in [0.29, 0.717) is 11.2 Å². The predicted octanol–water partition coefficient (Wildman–Crippen LogP) is 2.37. The summed E-state index contributed by atoms with van der Waals surface area (Å²) in [5, 5.41) is 8.35. The number of hydrogen-bond acceptors (Lipinski definition) is 4. The first kappa shape index (κ1) is 8.10. The molecule has 1 atom stereocenters. The van der Waals surface area contributed by atoms with E-state index in [4.69, 9.17) is 4.42 Å². The lowest BCUT2D eigenvalue weighted by molar-refractivity contribution is 0.453. The Labute approximate surface area is 75.9 Å². The first-order chi connectivity index (χ1) is 5.81. The SMILES string of the molecule is CSC(C)c1nnc(C2CC2)o1. The molecule has 1 saturated carbocycles. The quantitative estimate of drug-likeness (QED) is 0.723. The van der Waals surface area contributed by atoms with Crippen LogP contribution < -0.4 is 0 Å². The molecule has 2 rings (SSSR count). The molecule has 0 aromatic carbocycles. The van der Waals surface area contributed by atoms with Crippen LogP contribution in [0.4, 0.5) is 0 Å². The minimum absolute atomic E-state index is 0.324. The van der Waals surface area contributed by atoms with Gasteiger partial charge in [-0.05, 0) is 26.0 Å². The maximum Gasteiger partial charge on any atom is 0.229 e. The van der Waals surface area contributed by atoms with E-state index in [9.17, 15) is 0 Å². The smallest absolute Gasteiger partial charge is 0.229 e. The largest absolute Gasteiger partial charge is 0.424 e. The summed E-state index contributed by atoms with van der Waals surface area (Å²) in [6.07, 6.45) is 4.48. The molecule has 0 amide bonds. The van der Waals surface area contributed by atoms with Gasteiger partial charge in [0.1, 0.15) is 0 Å². The summed E-state index contributed by atoms with van der Waals surface area (Å²) in [5.74, 6) is 2.18. The Morgan fingerprint density at radius 1 is 1.50 bits per heavy atom. The van der Waals surface area contributed by atoms with Crippen molar-refractivity contribution in [2.75, 3.05) is 6.26 Å². The summed E-state index contributed by atoms with van der Waals surface area (Å²) in [4.78, 5) is 0. The second-order valence-corrected chi connectivity index (χ2v) is 4.31. The minimum Gasteiger partial charge on any atom is -0.424 e. The highest BCUT2D eigenvalue weighted by Gasteiger charge is 2.29. The molecule has 1 heterocycles. The maximum absolute atomic E-state index is 5.52. The van der Waals surface area contributed by atoms with Crippen molar-refractivity contribution < 1.29 is 4.42 Å². The van der Waals surface area contributed by atoms with Gasteiger partial charge in [0.25, 0.3) is 0 Å². The van der Waals surface area contributed by atoms with E-state index in [-0.39, 0.29) is 0 Å². The highest BCUT2D eigenvalue weighted by molar-refractivity contribution is 7.98. The molecule has 1 unspecified atom stereocenters. The average molecular weight is 184 g/mol. The molecular formula is C8H12N2OS. The van der Waals surface area contributed by atoms with E-state index < -0.39 is 0 Å². The topological polar surface area (TPSA) is 38.9 Å². The van der Waals surface area contributed by atoms with Gasteiger partial charge in [-0.3, -0.25) is 0 Å². The third-order valence-electron chi connectivity index (χ3n) is 2.08. The zero-order valence-electron chi connectivity index (χ0n) is 7.28. The third kappa shape index (κ3) is 1.48. The van der Waals surface area contributed by atoms with Gasteiger partial charge in [-0.2, -0.15) is 11.8 Å². The molecule has 0 N–H and O–H groups in total. The van der Waals surface area contributed by atoms with Crippen molar-refractivity contribution in [3.63, 3.8) is 0 Å². The summed E-state index contributed by atoms with van der Waals surface area (Å²) in [7, 11) is 0. The van der Waals surface area contributed by atoms with Crippen LogP contribution >= 0.6 is 11.8 Å². The lowest BCUT2D eigenvalue weighted by Crippen LogP contribution is -1.86. The molecule has 66 valence electrons. The number of hydrogen-bond donors (Lipinski definition) is 0. The monoisotopic (exact) mass is 184 g/mol. The number of nitrogens with zero attached hydrogens (tertiary/aromatic N) is 2. The van der Waals surface area contributed by atoms with Gasteiger partial charge >= 0.3 is 0 Å². The lowest BCUT2D eigenvalue weighted by atomic mass is 10.4. The van der Waals surface area contributed by atoms with Crippen LogP contribution in [0, 0.1) is 0 Å². The normalized spacial score (nSPS) is 19.5. The van der Waals surface area contributed by atoms with E-state index in [2.05, 4.69) is 17.1 Å². The Kier molecular flexibility index (Phi) is 2.09. The Morgan fingerprint density at radius 2 is 2.25 bits per heavy atom. The van der Waals surface area contributed by atoms with Crippen molar-refractivity contribution in [3.05, 3.63) is 11.8 Å². The minimum atomic E-state index is 0.324. The van der Waals surface area contributed by atoms with E-state index in [1.807, 2.05) is 6.26 Å². The van der Waals surface area contributed by atoms with Crippen molar-refractivity contribution in [2.24, 2.45) is 0 Å². The van der Waals surface area contributed by atoms with Gasteiger partial charge in [0.05, 0.1) is 5.25 Å². The molecule has 0 saturated heterocycles. The fourth-order valence-electron chi connectivity index (χ4n) is 1.01. The number of rotatable bonds is 3. The Hall–Kier alpha value is -0.510. The fourth-order valence-corrected chi connectivity index (χ4v) is 1.30. The summed E-state index contributed by atoms with van der Waals surface area (Å²) < 4.78 is 5.52. The first-order valence-corrected chi connectivity index (χ1v) is 5.46. The fraction of sp³-hybridized carbons (Fsp3) is 0.750. The molecule has 0 bridgehead atoms. The molecule has 1 aliphatic rings. The molecule has 4 heteroatoms. The van der Waals surface area contributed by atoms with Gasteiger partial charge < -0.3 is 4.42 Å².